The second-order valence-corrected chi connectivity index (χ2v) is 7.33. The van der Waals surface area contributed by atoms with Crippen LogP contribution in [0, 0.1) is 5.92 Å². The molecule has 0 aliphatic heterocycles. The zero-order valence-electron chi connectivity index (χ0n) is 17.6. The summed E-state index contributed by atoms with van der Waals surface area (Å²) in [5.74, 6) is 2.42. The van der Waals surface area contributed by atoms with Crippen LogP contribution in [0.25, 0.3) is 0 Å². The van der Waals surface area contributed by atoms with Crippen molar-refractivity contribution in [1.29, 1.82) is 0 Å². The molecule has 5 nitrogen and oxygen atoms in total. The number of hydrogen-bond donors (Lipinski definition) is 1. The van der Waals surface area contributed by atoms with Crippen LogP contribution in [0.4, 0.5) is 5.69 Å². The molecule has 0 fully saturated rings. The fraction of sp³-hybridized carbons (Fsp3) is 0.240. The number of carbonyl (C=O) groups is 1. The highest BCUT2D eigenvalue weighted by atomic mass is 16.5. The van der Waals surface area contributed by atoms with Crippen LogP contribution in [-0.2, 0) is 11.3 Å². The Balaban J connectivity index is 1.64. The number of benzene rings is 3. The fourth-order valence-electron chi connectivity index (χ4n) is 2.87. The average Bonchev–Trinajstić information content (AvgIpc) is 2.75. The summed E-state index contributed by atoms with van der Waals surface area (Å²) in [6.45, 7) is 5.24. The Hall–Kier alpha value is -3.31. The van der Waals surface area contributed by atoms with Crippen molar-refractivity contribution in [1.82, 2.24) is 0 Å². The van der Waals surface area contributed by atoms with Gasteiger partial charge in [0, 0.05) is 23.4 Å². The molecule has 156 valence electrons. The molecule has 0 atom stereocenters. The van der Waals surface area contributed by atoms with Gasteiger partial charge in [0.1, 0.15) is 17.2 Å². The van der Waals surface area contributed by atoms with E-state index in [9.17, 15) is 4.79 Å². The van der Waals surface area contributed by atoms with Gasteiger partial charge < -0.3 is 19.5 Å². The minimum Gasteiger partial charge on any atom is -0.496 e. The first kappa shape index (κ1) is 21.4. The molecule has 0 spiro atoms. The summed E-state index contributed by atoms with van der Waals surface area (Å²) in [5.41, 5.74) is 2.08. The number of rotatable bonds is 9. The Morgan fingerprint density at radius 3 is 2.30 bits per heavy atom. The number of ether oxygens (including phenoxy) is 3. The van der Waals surface area contributed by atoms with Crippen LogP contribution < -0.4 is 14.8 Å². The molecule has 1 amide bonds. The molecule has 0 unspecified atom stereocenters. The number of carbonyl (C=O) groups excluding carboxylic acids is 1. The van der Waals surface area contributed by atoms with E-state index in [1.54, 1.807) is 25.3 Å². The smallest absolute Gasteiger partial charge is 0.255 e. The monoisotopic (exact) mass is 405 g/mol. The van der Waals surface area contributed by atoms with Crippen LogP contribution in [0.15, 0.2) is 72.8 Å². The summed E-state index contributed by atoms with van der Waals surface area (Å²) in [6.07, 6.45) is 0. The van der Waals surface area contributed by atoms with Crippen molar-refractivity contribution in [3.05, 3.63) is 83.9 Å². The lowest BCUT2D eigenvalue weighted by Crippen LogP contribution is -2.13. The third-order valence-corrected chi connectivity index (χ3v) is 4.34. The summed E-state index contributed by atoms with van der Waals surface area (Å²) < 4.78 is 16.9. The molecular formula is C25H27NO4. The van der Waals surface area contributed by atoms with Crippen LogP contribution in [0.1, 0.15) is 29.8 Å². The van der Waals surface area contributed by atoms with Gasteiger partial charge in [-0.05, 0) is 60.5 Å². The van der Waals surface area contributed by atoms with Crippen LogP contribution in [-0.4, -0.2) is 19.6 Å². The molecule has 0 heterocycles. The number of para-hydroxylation sites is 1. The van der Waals surface area contributed by atoms with Gasteiger partial charge in [-0.25, -0.2) is 0 Å². The van der Waals surface area contributed by atoms with Crippen LogP contribution in [0.5, 0.6) is 17.2 Å². The number of amides is 1. The Morgan fingerprint density at radius 1 is 0.933 bits per heavy atom. The first-order valence-corrected chi connectivity index (χ1v) is 9.94. The Morgan fingerprint density at radius 2 is 1.63 bits per heavy atom. The van der Waals surface area contributed by atoms with Crippen molar-refractivity contribution in [2.24, 2.45) is 5.92 Å². The van der Waals surface area contributed by atoms with E-state index in [0.29, 0.717) is 41.9 Å². The second-order valence-electron chi connectivity index (χ2n) is 7.33. The van der Waals surface area contributed by atoms with Crippen molar-refractivity contribution in [2.75, 3.05) is 19.0 Å². The van der Waals surface area contributed by atoms with Gasteiger partial charge in [0.2, 0.25) is 0 Å². The second kappa shape index (κ2) is 10.5. The minimum atomic E-state index is -0.195. The number of nitrogens with one attached hydrogen (secondary N) is 1. The topological polar surface area (TPSA) is 56.8 Å². The highest BCUT2D eigenvalue weighted by Gasteiger charge is 2.11. The lowest BCUT2D eigenvalue weighted by Gasteiger charge is -2.13. The standard InChI is InChI=1S/C25H27NO4/c1-18(2)16-29-17-20-15-19(9-14-24(20)28-3)25(27)26-21-10-12-23(13-11-21)30-22-7-5-4-6-8-22/h4-15,18H,16-17H2,1-3H3,(H,26,27). The van der Waals surface area contributed by atoms with E-state index in [1.807, 2.05) is 54.6 Å². The summed E-state index contributed by atoms with van der Waals surface area (Å²) in [6, 6.07) is 22.2. The van der Waals surface area contributed by atoms with Gasteiger partial charge in [0.05, 0.1) is 13.7 Å². The molecule has 0 radical (unpaired) electrons. The van der Waals surface area contributed by atoms with Gasteiger partial charge in [-0.1, -0.05) is 32.0 Å². The van der Waals surface area contributed by atoms with Crippen molar-refractivity contribution in [2.45, 2.75) is 20.5 Å². The van der Waals surface area contributed by atoms with E-state index in [-0.39, 0.29) is 5.91 Å². The molecule has 1 N–H and O–H groups in total. The van der Waals surface area contributed by atoms with E-state index in [4.69, 9.17) is 14.2 Å². The summed E-state index contributed by atoms with van der Waals surface area (Å²) in [4.78, 5) is 12.7. The largest absolute Gasteiger partial charge is 0.496 e. The van der Waals surface area contributed by atoms with E-state index in [0.717, 1.165) is 11.3 Å². The minimum absolute atomic E-state index is 0.195. The van der Waals surface area contributed by atoms with E-state index in [2.05, 4.69) is 19.2 Å². The molecule has 0 saturated carbocycles. The Kier molecular flexibility index (Phi) is 7.46. The average molecular weight is 405 g/mol. The molecule has 0 aliphatic rings. The lowest BCUT2D eigenvalue weighted by atomic mass is 10.1. The Bertz CT molecular complexity index is 953. The third kappa shape index (κ3) is 6.09. The Labute approximate surface area is 177 Å². The predicted molar refractivity (Wildman–Crippen MR) is 118 cm³/mol. The first-order chi connectivity index (χ1) is 14.5. The fourth-order valence-corrected chi connectivity index (χ4v) is 2.87. The zero-order valence-corrected chi connectivity index (χ0v) is 17.6. The molecule has 0 aliphatic carbocycles. The molecule has 3 rings (SSSR count). The van der Waals surface area contributed by atoms with Gasteiger partial charge in [0.15, 0.2) is 0 Å². The maximum absolute atomic E-state index is 12.7. The first-order valence-electron chi connectivity index (χ1n) is 9.94. The third-order valence-electron chi connectivity index (χ3n) is 4.34. The maximum atomic E-state index is 12.7. The molecule has 0 saturated heterocycles. The van der Waals surface area contributed by atoms with Gasteiger partial charge >= 0.3 is 0 Å². The van der Waals surface area contributed by atoms with Gasteiger partial charge in [-0.2, -0.15) is 0 Å². The SMILES string of the molecule is COc1ccc(C(=O)Nc2ccc(Oc3ccccc3)cc2)cc1COCC(C)C. The normalized spacial score (nSPS) is 10.7. The van der Waals surface area contributed by atoms with Crippen molar-refractivity contribution < 1.29 is 19.0 Å². The van der Waals surface area contributed by atoms with Gasteiger partial charge in [0.25, 0.3) is 5.91 Å². The van der Waals surface area contributed by atoms with Crippen molar-refractivity contribution in [3.8, 4) is 17.2 Å². The molecule has 5 heteroatoms. The molecule has 3 aromatic carbocycles. The summed E-state index contributed by atoms with van der Waals surface area (Å²) in [5, 5.41) is 2.91. The molecule has 0 bridgehead atoms. The quantitative estimate of drug-likeness (QED) is 0.481. The van der Waals surface area contributed by atoms with Crippen molar-refractivity contribution >= 4 is 11.6 Å². The highest BCUT2D eigenvalue weighted by Crippen LogP contribution is 2.24. The van der Waals surface area contributed by atoms with Gasteiger partial charge in [-0.15, -0.1) is 0 Å². The number of anilines is 1. The molecular weight excluding hydrogens is 378 g/mol. The summed E-state index contributed by atoms with van der Waals surface area (Å²) in [7, 11) is 1.61. The lowest BCUT2D eigenvalue weighted by molar-refractivity contribution is 0.0952. The highest BCUT2D eigenvalue weighted by molar-refractivity contribution is 6.04. The van der Waals surface area contributed by atoms with Crippen LogP contribution >= 0.6 is 0 Å². The van der Waals surface area contributed by atoms with Gasteiger partial charge in [-0.3, -0.25) is 4.79 Å². The predicted octanol–water partition coefficient (Wildman–Crippen LogP) is 5.91. The van der Waals surface area contributed by atoms with Crippen LogP contribution in [0.2, 0.25) is 0 Å². The molecule has 0 aromatic heterocycles. The molecule has 30 heavy (non-hydrogen) atoms. The van der Waals surface area contributed by atoms with E-state index in [1.165, 1.54) is 0 Å². The summed E-state index contributed by atoms with van der Waals surface area (Å²) >= 11 is 0. The maximum Gasteiger partial charge on any atom is 0.255 e. The van der Waals surface area contributed by atoms with E-state index < -0.39 is 0 Å². The van der Waals surface area contributed by atoms with Crippen molar-refractivity contribution in [3.63, 3.8) is 0 Å². The zero-order chi connectivity index (χ0) is 21.3. The number of hydrogen-bond acceptors (Lipinski definition) is 4. The molecule has 3 aromatic rings. The number of methoxy groups -OCH3 is 1. The van der Waals surface area contributed by atoms with E-state index >= 15 is 0 Å². The van der Waals surface area contributed by atoms with Crippen LogP contribution in [0.3, 0.4) is 0 Å².